The van der Waals surface area contributed by atoms with E-state index in [1.807, 2.05) is 25.5 Å². The van der Waals surface area contributed by atoms with E-state index in [1.165, 1.54) is 23.4 Å². The number of hydrogen-bond acceptors (Lipinski definition) is 11. The second-order valence-electron chi connectivity index (χ2n) is 8.35. The summed E-state index contributed by atoms with van der Waals surface area (Å²) < 4.78 is 50.3. The van der Waals surface area contributed by atoms with Crippen LogP contribution >= 0.6 is 19.7 Å². The highest BCUT2D eigenvalue weighted by atomic mass is 35.5. The van der Waals surface area contributed by atoms with Gasteiger partial charge in [0.2, 0.25) is 5.95 Å². The molecule has 37 heavy (non-hydrogen) atoms. The van der Waals surface area contributed by atoms with E-state index in [2.05, 4.69) is 41.7 Å². The van der Waals surface area contributed by atoms with Crippen molar-refractivity contribution in [1.29, 1.82) is 0 Å². The molecular weight excluding hydrogens is 546 g/mol. The fourth-order valence-electron chi connectivity index (χ4n) is 3.69. The molecule has 2 N–H and O–H groups in total. The Labute approximate surface area is 220 Å². The van der Waals surface area contributed by atoms with Crippen molar-refractivity contribution in [3.63, 3.8) is 0 Å². The molecule has 0 amide bonds. The predicted octanol–water partition coefficient (Wildman–Crippen LogP) is 4.64. The first-order valence-electron chi connectivity index (χ1n) is 10.9. The third kappa shape index (κ3) is 7.07. The van der Waals surface area contributed by atoms with Gasteiger partial charge in [0, 0.05) is 19.2 Å². The van der Waals surface area contributed by atoms with Crippen LogP contribution in [0.15, 0.2) is 30.6 Å². The van der Waals surface area contributed by atoms with Gasteiger partial charge in [0.1, 0.15) is 10.8 Å². The Hall–Kier alpha value is -2.99. The quantitative estimate of drug-likeness (QED) is 0.276. The van der Waals surface area contributed by atoms with E-state index < -0.39 is 18.7 Å². The summed E-state index contributed by atoms with van der Waals surface area (Å²) in [5, 5.41) is 6.34. The lowest BCUT2D eigenvalue weighted by atomic mass is 9.99. The van der Waals surface area contributed by atoms with Crippen molar-refractivity contribution >= 4 is 53.5 Å². The second-order valence-corrected chi connectivity index (χ2v) is 11.5. The molecule has 2 aromatic heterocycles. The molecule has 3 aromatic rings. The monoisotopic (exact) mass is 570 g/mol. The van der Waals surface area contributed by atoms with Crippen LogP contribution in [-0.4, -0.2) is 62.3 Å². The van der Waals surface area contributed by atoms with Crippen molar-refractivity contribution in [2.75, 3.05) is 44.7 Å². The van der Waals surface area contributed by atoms with Crippen molar-refractivity contribution < 1.29 is 25.7 Å². The Morgan fingerprint density at radius 3 is 2.57 bits per heavy atom. The first kappa shape index (κ1) is 27.1. The number of methoxy groups -OCH3 is 1. The Morgan fingerprint density at radius 1 is 1.08 bits per heavy atom. The van der Waals surface area contributed by atoms with Crippen molar-refractivity contribution in [2.24, 2.45) is 0 Å². The second kappa shape index (κ2) is 11.2. The maximum absolute atomic E-state index is 13.0. The van der Waals surface area contributed by atoms with Crippen LogP contribution in [0.25, 0.3) is 0 Å². The topological polar surface area (TPSA) is 128 Å². The molecule has 1 aliphatic rings. The minimum Gasteiger partial charge on any atom is -0.495 e. The maximum Gasteiger partial charge on any atom is 0.488 e. The standard InChI is InChI=1S/C22H25ClFN6O5PS/c1-30-6-5-13-8-18(33-2)17(7-14(13)12-30)27-22-26-11-16(23)20(29-22)28-21-19(34-36(3)4)9-15(10-25-21)35-37(24,31)32/h7-11H,5-6,12H2,1-4H3,(H2,25,26,27,28,29). The predicted molar refractivity (Wildman–Crippen MR) is 141 cm³/mol. The fraction of sp³-hybridized carbons (Fsp3) is 0.318. The van der Waals surface area contributed by atoms with Gasteiger partial charge in [-0.15, -0.1) is 0 Å². The number of hydrogen-bond donors (Lipinski definition) is 2. The number of rotatable bonds is 9. The highest BCUT2D eigenvalue weighted by Gasteiger charge is 2.19. The average molecular weight is 571 g/mol. The lowest BCUT2D eigenvalue weighted by molar-refractivity contribution is 0.312. The number of ether oxygens (including phenoxy) is 1. The number of nitrogens with zero attached hydrogens (tertiary/aromatic N) is 4. The number of halogens is 2. The minimum absolute atomic E-state index is 0.127. The van der Waals surface area contributed by atoms with E-state index in [9.17, 15) is 12.3 Å². The van der Waals surface area contributed by atoms with Crippen LogP contribution in [0, 0.1) is 0 Å². The third-order valence-corrected chi connectivity index (χ3v) is 6.49. The number of benzene rings is 1. The van der Waals surface area contributed by atoms with Gasteiger partial charge in [-0.3, -0.25) is 0 Å². The van der Waals surface area contributed by atoms with Crippen molar-refractivity contribution in [2.45, 2.75) is 13.0 Å². The lowest BCUT2D eigenvalue weighted by Crippen LogP contribution is -2.26. The number of likely N-dealkylation sites (N-methyl/N-ethyl adjacent to an activating group) is 1. The van der Waals surface area contributed by atoms with Gasteiger partial charge in [0.15, 0.2) is 23.1 Å². The van der Waals surface area contributed by atoms with Crippen LogP contribution in [0.2, 0.25) is 5.02 Å². The van der Waals surface area contributed by atoms with Gasteiger partial charge in [-0.05, 0) is 50.1 Å². The van der Waals surface area contributed by atoms with E-state index in [0.717, 1.165) is 25.7 Å². The third-order valence-electron chi connectivity index (χ3n) is 5.26. The Bertz CT molecular complexity index is 1410. The summed E-state index contributed by atoms with van der Waals surface area (Å²) in [6.07, 6.45) is 3.38. The normalized spacial score (nSPS) is 13.7. The summed E-state index contributed by atoms with van der Waals surface area (Å²) >= 11 is 6.33. The summed E-state index contributed by atoms with van der Waals surface area (Å²) in [4.78, 5) is 15.1. The summed E-state index contributed by atoms with van der Waals surface area (Å²) in [6, 6.07) is 5.24. The Morgan fingerprint density at radius 2 is 1.86 bits per heavy atom. The zero-order valence-corrected chi connectivity index (χ0v) is 22.9. The molecule has 198 valence electrons. The average Bonchev–Trinajstić information content (AvgIpc) is 2.81. The molecule has 0 radical (unpaired) electrons. The fourth-order valence-corrected chi connectivity index (χ4v) is 4.68. The van der Waals surface area contributed by atoms with Gasteiger partial charge in [-0.2, -0.15) is 13.4 Å². The zero-order valence-electron chi connectivity index (χ0n) is 20.4. The van der Waals surface area contributed by atoms with Gasteiger partial charge in [0.05, 0.1) is 33.3 Å². The summed E-state index contributed by atoms with van der Waals surface area (Å²) in [5.74, 6) is 1.06. The van der Waals surface area contributed by atoms with Crippen molar-refractivity contribution in [3.8, 4) is 17.2 Å². The minimum atomic E-state index is -5.22. The van der Waals surface area contributed by atoms with Crippen LogP contribution in [0.4, 0.5) is 27.2 Å². The van der Waals surface area contributed by atoms with Crippen molar-refractivity contribution in [3.05, 3.63) is 46.7 Å². The molecule has 0 bridgehead atoms. The molecule has 1 aromatic carbocycles. The zero-order chi connectivity index (χ0) is 26.7. The number of pyridine rings is 1. The molecule has 0 aliphatic carbocycles. The SMILES string of the molecule is COc1cc2c(cc1Nc1ncc(Cl)c(Nc3ncc(OS(=O)(=O)F)cc3OP(C)C)n1)CN(C)CC2. The van der Waals surface area contributed by atoms with E-state index in [4.69, 9.17) is 20.9 Å². The van der Waals surface area contributed by atoms with Gasteiger partial charge >= 0.3 is 10.5 Å². The molecule has 3 heterocycles. The molecule has 0 unspecified atom stereocenters. The van der Waals surface area contributed by atoms with Gasteiger partial charge in [0.25, 0.3) is 0 Å². The van der Waals surface area contributed by atoms with Crippen LogP contribution in [0.3, 0.4) is 0 Å². The molecule has 0 fully saturated rings. The van der Waals surface area contributed by atoms with Crippen LogP contribution in [0.5, 0.6) is 17.2 Å². The summed E-state index contributed by atoms with van der Waals surface area (Å²) in [7, 11) is -2.50. The summed E-state index contributed by atoms with van der Waals surface area (Å²) in [5.41, 5.74) is 3.12. The van der Waals surface area contributed by atoms with Gasteiger partial charge in [-0.25, -0.2) is 9.97 Å². The van der Waals surface area contributed by atoms with Crippen LogP contribution < -0.4 is 24.1 Å². The van der Waals surface area contributed by atoms with E-state index in [1.54, 1.807) is 7.11 Å². The maximum atomic E-state index is 13.0. The molecular formula is C22H25ClFN6O5PS. The Balaban J connectivity index is 1.62. The molecule has 0 atom stereocenters. The smallest absolute Gasteiger partial charge is 0.488 e. The highest BCUT2D eigenvalue weighted by molar-refractivity contribution is 7.81. The van der Waals surface area contributed by atoms with E-state index >= 15 is 0 Å². The van der Waals surface area contributed by atoms with Crippen molar-refractivity contribution in [1.82, 2.24) is 19.9 Å². The number of anilines is 4. The van der Waals surface area contributed by atoms with E-state index in [-0.39, 0.29) is 34.1 Å². The highest BCUT2D eigenvalue weighted by Crippen LogP contribution is 2.39. The molecule has 0 saturated heterocycles. The first-order valence-corrected chi connectivity index (χ1v) is 14.8. The summed E-state index contributed by atoms with van der Waals surface area (Å²) in [6.45, 7) is 5.44. The Kier molecular flexibility index (Phi) is 8.17. The molecule has 4 rings (SSSR count). The van der Waals surface area contributed by atoms with Gasteiger partial charge < -0.3 is 29.0 Å². The molecule has 11 nitrogen and oxygen atoms in total. The molecule has 0 spiro atoms. The largest absolute Gasteiger partial charge is 0.495 e. The van der Waals surface area contributed by atoms with Gasteiger partial charge in [-0.1, -0.05) is 15.5 Å². The number of aromatic nitrogens is 3. The molecule has 15 heteroatoms. The van der Waals surface area contributed by atoms with Crippen LogP contribution in [0.1, 0.15) is 11.1 Å². The number of fused-ring (bicyclic) bond motifs is 1. The molecule has 1 aliphatic heterocycles. The first-order chi connectivity index (χ1) is 17.5. The van der Waals surface area contributed by atoms with Crippen LogP contribution in [-0.2, 0) is 23.5 Å². The van der Waals surface area contributed by atoms with E-state index in [0.29, 0.717) is 11.4 Å². The molecule has 0 saturated carbocycles. The number of nitrogens with one attached hydrogen (secondary N) is 2. The lowest BCUT2D eigenvalue weighted by Gasteiger charge is -2.26.